The van der Waals surface area contributed by atoms with Crippen molar-refractivity contribution < 1.29 is 0 Å². The fourth-order valence-electron chi connectivity index (χ4n) is 1.79. The van der Waals surface area contributed by atoms with Crippen molar-refractivity contribution in [3.63, 3.8) is 0 Å². The minimum Gasteiger partial charge on any atom is -0.389 e. The molecule has 0 fully saturated rings. The highest BCUT2D eigenvalue weighted by Crippen LogP contribution is 2.34. The lowest BCUT2D eigenvalue weighted by Crippen LogP contribution is -1.89. The third kappa shape index (κ3) is 1.71. The monoisotopic (exact) mass is 305 g/mol. The fourth-order valence-corrected chi connectivity index (χ4v) is 2.78. The van der Waals surface area contributed by atoms with Gasteiger partial charge in [-0.25, -0.2) is 4.98 Å². The van der Waals surface area contributed by atoms with Gasteiger partial charge in [0.05, 0.1) is 11.0 Å². The van der Waals surface area contributed by atoms with Gasteiger partial charge in [0, 0.05) is 21.6 Å². The van der Waals surface area contributed by atoms with Crippen LogP contribution in [-0.2, 0) is 0 Å². The van der Waals surface area contributed by atoms with Gasteiger partial charge in [-0.2, -0.15) is 0 Å². The van der Waals surface area contributed by atoms with Gasteiger partial charge in [-0.1, -0.05) is 22.0 Å². The first-order valence-electron chi connectivity index (χ1n) is 5.00. The molecule has 0 aliphatic rings. The first-order valence-corrected chi connectivity index (χ1v) is 6.67. The summed E-state index contributed by atoms with van der Waals surface area (Å²) in [6.07, 6.45) is 1.78. The zero-order chi connectivity index (χ0) is 11.8. The van der Waals surface area contributed by atoms with Gasteiger partial charge in [0.2, 0.25) is 0 Å². The molecule has 5 heteroatoms. The van der Waals surface area contributed by atoms with Gasteiger partial charge in [-0.05, 0) is 18.2 Å². The summed E-state index contributed by atoms with van der Waals surface area (Å²) in [5, 5.41) is 1.79. The van der Waals surface area contributed by atoms with Gasteiger partial charge in [0.15, 0.2) is 0 Å². The Balaban J connectivity index is 2.39. The number of rotatable bonds is 1. The summed E-state index contributed by atoms with van der Waals surface area (Å²) in [7, 11) is 0. The number of aromatic nitrogens is 2. The SMILES string of the molecule is Nc1scnc1-c1ccc(Br)c2cccnc12. The van der Waals surface area contributed by atoms with Crippen molar-refractivity contribution in [2.45, 2.75) is 0 Å². The van der Waals surface area contributed by atoms with Gasteiger partial charge in [0.25, 0.3) is 0 Å². The molecule has 0 atom stereocenters. The molecule has 1 aromatic carbocycles. The van der Waals surface area contributed by atoms with E-state index in [4.69, 9.17) is 5.73 Å². The minimum absolute atomic E-state index is 0.722. The number of nitrogens with two attached hydrogens (primary N) is 1. The average Bonchev–Trinajstić information content (AvgIpc) is 2.77. The number of benzene rings is 1. The van der Waals surface area contributed by atoms with Crippen LogP contribution < -0.4 is 5.73 Å². The summed E-state index contributed by atoms with van der Waals surface area (Å²) < 4.78 is 1.03. The van der Waals surface area contributed by atoms with E-state index < -0.39 is 0 Å². The van der Waals surface area contributed by atoms with E-state index in [2.05, 4.69) is 25.9 Å². The summed E-state index contributed by atoms with van der Waals surface area (Å²) in [6.45, 7) is 0. The number of hydrogen-bond acceptors (Lipinski definition) is 4. The summed E-state index contributed by atoms with van der Waals surface area (Å²) in [5.74, 6) is 0. The second-order valence-corrected chi connectivity index (χ2v) is 5.30. The number of halogens is 1. The van der Waals surface area contributed by atoms with Gasteiger partial charge >= 0.3 is 0 Å². The fraction of sp³-hybridized carbons (Fsp3) is 0. The van der Waals surface area contributed by atoms with Crippen molar-refractivity contribution in [1.82, 2.24) is 9.97 Å². The van der Waals surface area contributed by atoms with E-state index in [1.165, 1.54) is 11.3 Å². The van der Waals surface area contributed by atoms with Crippen molar-refractivity contribution >= 4 is 43.2 Å². The Hall–Kier alpha value is -1.46. The molecule has 3 aromatic rings. The molecule has 2 heterocycles. The number of thiazole rings is 1. The smallest absolute Gasteiger partial charge is 0.114 e. The molecule has 17 heavy (non-hydrogen) atoms. The van der Waals surface area contributed by atoms with Gasteiger partial charge in [-0.15, -0.1) is 11.3 Å². The van der Waals surface area contributed by atoms with Crippen LogP contribution in [0.2, 0.25) is 0 Å². The first kappa shape index (κ1) is 10.7. The van der Waals surface area contributed by atoms with E-state index in [0.29, 0.717) is 0 Å². The Kier molecular flexibility index (Phi) is 2.57. The van der Waals surface area contributed by atoms with Gasteiger partial charge < -0.3 is 5.73 Å². The van der Waals surface area contributed by atoms with E-state index >= 15 is 0 Å². The van der Waals surface area contributed by atoms with Gasteiger partial charge in [0.1, 0.15) is 10.7 Å². The highest BCUT2D eigenvalue weighted by molar-refractivity contribution is 9.10. The van der Waals surface area contributed by atoms with Crippen molar-refractivity contribution in [1.29, 1.82) is 0 Å². The van der Waals surface area contributed by atoms with Crippen molar-refractivity contribution in [3.8, 4) is 11.3 Å². The quantitative estimate of drug-likeness (QED) is 0.746. The maximum atomic E-state index is 5.92. The molecule has 0 spiro atoms. The number of pyridine rings is 1. The van der Waals surface area contributed by atoms with Crippen LogP contribution in [0, 0.1) is 0 Å². The zero-order valence-corrected chi connectivity index (χ0v) is 11.1. The molecule has 2 aromatic heterocycles. The molecule has 0 amide bonds. The lowest BCUT2D eigenvalue weighted by atomic mass is 10.1. The van der Waals surface area contributed by atoms with Gasteiger partial charge in [-0.3, -0.25) is 4.98 Å². The second kappa shape index (κ2) is 4.09. The molecule has 0 bridgehead atoms. The van der Waals surface area contributed by atoms with E-state index in [1.807, 2.05) is 24.3 Å². The Morgan fingerprint density at radius 3 is 2.82 bits per heavy atom. The Labute approximate surface area is 110 Å². The highest BCUT2D eigenvalue weighted by atomic mass is 79.9. The van der Waals surface area contributed by atoms with E-state index in [-0.39, 0.29) is 0 Å². The lowest BCUT2D eigenvalue weighted by Gasteiger charge is -2.05. The van der Waals surface area contributed by atoms with Crippen LogP contribution in [0.5, 0.6) is 0 Å². The normalized spacial score (nSPS) is 10.9. The molecular weight excluding hydrogens is 298 g/mol. The molecule has 0 radical (unpaired) electrons. The average molecular weight is 306 g/mol. The van der Waals surface area contributed by atoms with E-state index in [1.54, 1.807) is 11.7 Å². The lowest BCUT2D eigenvalue weighted by molar-refractivity contribution is 1.37. The topological polar surface area (TPSA) is 51.8 Å². The summed E-state index contributed by atoms with van der Waals surface area (Å²) in [5.41, 5.74) is 10.4. The van der Waals surface area contributed by atoms with Crippen LogP contribution in [0.4, 0.5) is 5.00 Å². The third-order valence-electron chi connectivity index (χ3n) is 2.57. The third-order valence-corrected chi connectivity index (χ3v) is 3.92. The van der Waals surface area contributed by atoms with Crippen molar-refractivity contribution in [2.75, 3.05) is 5.73 Å². The molecule has 3 rings (SSSR count). The molecule has 84 valence electrons. The van der Waals surface area contributed by atoms with Crippen molar-refractivity contribution in [3.05, 3.63) is 40.4 Å². The Morgan fingerprint density at radius 1 is 1.18 bits per heavy atom. The largest absolute Gasteiger partial charge is 0.389 e. The van der Waals surface area contributed by atoms with Crippen LogP contribution in [0.15, 0.2) is 40.4 Å². The summed E-state index contributed by atoms with van der Waals surface area (Å²) in [4.78, 5) is 8.72. The van der Waals surface area contributed by atoms with E-state index in [0.717, 1.165) is 31.6 Å². The number of fused-ring (bicyclic) bond motifs is 1. The molecule has 0 aliphatic heterocycles. The Morgan fingerprint density at radius 2 is 2.06 bits per heavy atom. The maximum absolute atomic E-state index is 5.92. The van der Waals surface area contributed by atoms with Crippen LogP contribution >= 0.6 is 27.3 Å². The maximum Gasteiger partial charge on any atom is 0.114 e. The second-order valence-electron chi connectivity index (χ2n) is 3.56. The molecule has 0 unspecified atom stereocenters. The zero-order valence-electron chi connectivity index (χ0n) is 8.72. The molecule has 0 saturated heterocycles. The molecule has 0 saturated carbocycles. The molecule has 0 aliphatic carbocycles. The minimum atomic E-state index is 0.722. The standard InChI is InChI=1S/C12H8BrN3S/c13-9-4-3-8(11-12(14)17-6-16-11)10-7(9)2-1-5-15-10/h1-6H,14H2. The molecular formula is C12H8BrN3S. The van der Waals surface area contributed by atoms with Crippen LogP contribution in [0.25, 0.3) is 22.2 Å². The van der Waals surface area contributed by atoms with Crippen LogP contribution in [0.1, 0.15) is 0 Å². The highest BCUT2D eigenvalue weighted by Gasteiger charge is 2.11. The summed E-state index contributed by atoms with van der Waals surface area (Å²) in [6, 6.07) is 7.93. The van der Waals surface area contributed by atoms with E-state index in [9.17, 15) is 0 Å². The molecule has 3 nitrogen and oxygen atoms in total. The number of hydrogen-bond donors (Lipinski definition) is 1. The predicted molar refractivity (Wildman–Crippen MR) is 75.0 cm³/mol. The number of anilines is 1. The van der Waals surface area contributed by atoms with Crippen molar-refractivity contribution in [2.24, 2.45) is 0 Å². The summed E-state index contributed by atoms with van der Waals surface area (Å²) >= 11 is 4.96. The first-order chi connectivity index (χ1) is 8.27. The van der Waals surface area contributed by atoms with Crippen LogP contribution in [0.3, 0.4) is 0 Å². The van der Waals surface area contributed by atoms with Crippen LogP contribution in [-0.4, -0.2) is 9.97 Å². The predicted octanol–water partition coefficient (Wildman–Crippen LogP) is 3.70. The number of nitrogen functional groups attached to an aromatic ring is 1. The number of nitrogens with zero attached hydrogens (tertiary/aromatic N) is 2. The molecule has 2 N–H and O–H groups in total. The Bertz CT molecular complexity index is 693.